The Morgan fingerprint density at radius 1 is 1.18 bits per heavy atom. The lowest BCUT2D eigenvalue weighted by Gasteiger charge is -2.23. The Kier molecular flexibility index (Phi) is 4.19. The second kappa shape index (κ2) is 5.65. The van der Waals surface area contributed by atoms with Gasteiger partial charge in [-0.15, -0.1) is 0 Å². The standard InChI is InChI=1S/C15H23NO/c1-11-7-8-13(10-12(11)2)15(17)14-6-4-3-5-9-16-14/h7-8,10,14-17H,3-6,9H2,1-2H3. The zero-order valence-corrected chi connectivity index (χ0v) is 10.9. The summed E-state index contributed by atoms with van der Waals surface area (Å²) < 4.78 is 0. The Labute approximate surface area is 104 Å². The Bertz CT molecular complexity index is 367. The van der Waals surface area contributed by atoms with Crippen LogP contribution in [0.15, 0.2) is 18.2 Å². The molecule has 1 aromatic carbocycles. The van der Waals surface area contributed by atoms with E-state index < -0.39 is 0 Å². The smallest absolute Gasteiger partial charge is 0.0943 e. The number of hydrogen-bond acceptors (Lipinski definition) is 2. The minimum absolute atomic E-state index is 0.222. The molecule has 0 amide bonds. The summed E-state index contributed by atoms with van der Waals surface area (Å²) in [6, 6.07) is 6.50. The predicted octanol–water partition coefficient (Wildman–Crippen LogP) is 2.87. The fraction of sp³-hybridized carbons (Fsp3) is 0.600. The topological polar surface area (TPSA) is 32.3 Å². The zero-order chi connectivity index (χ0) is 12.3. The van der Waals surface area contributed by atoms with Crippen molar-refractivity contribution in [2.75, 3.05) is 6.54 Å². The van der Waals surface area contributed by atoms with Gasteiger partial charge in [0.15, 0.2) is 0 Å². The van der Waals surface area contributed by atoms with E-state index in [0.29, 0.717) is 0 Å². The Morgan fingerprint density at radius 3 is 2.76 bits per heavy atom. The molecule has 1 saturated heterocycles. The van der Waals surface area contributed by atoms with E-state index in [1.807, 2.05) is 0 Å². The van der Waals surface area contributed by atoms with Crippen LogP contribution in [0.4, 0.5) is 0 Å². The number of aryl methyl sites for hydroxylation is 2. The van der Waals surface area contributed by atoms with Gasteiger partial charge in [-0.05, 0) is 49.9 Å². The van der Waals surface area contributed by atoms with Crippen LogP contribution >= 0.6 is 0 Å². The molecule has 0 saturated carbocycles. The summed E-state index contributed by atoms with van der Waals surface area (Å²) in [7, 11) is 0. The Morgan fingerprint density at radius 2 is 2.00 bits per heavy atom. The molecule has 1 aliphatic heterocycles. The highest BCUT2D eigenvalue weighted by Gasteiger charge is 2.21. The SMILES string of the molecule is Cc1ccc(C(O)C2CCCCCN2)cc1C. The molecule has 1 heterocycles. The van der Waals surface area contributed by atoms with E-state index >= 15 is 0 Å². The third-order valence-electron chi connectivity index (χ3n) is 3.85. The molecule has 2 atom stereocenters. The number of nitrogens with one attached hydrogen (secondary N) is 1. The van der Waals surface area contributed by atoms with Crippen molar-refractivity contribution >= 4 is 0 Å². The predicted molar refractivity (Wildman–Crippen MR) is 71.1 cm³/mol. The van der Waals surface area contributed by atoms with Gasteiger partial charge in [0.05, 0.1) is 6.10 Å². The summed E-state index contributed by atoms with van der Waals surface area (Å²) in [6.45, 7) is 5.24. The molecule has 2 unspecified atom stereocenters. The average Bonchev–Trinajstić information content (AvgIpc) is 2.60. The number of aliphatic hydroxyl groups excluding tert-OH is 1. The van der Waals surface area contributed by atoms with E-state index in [-0.39, 0.29) is 12.1 Å². The van der Waals surface area contributed by atoms with Gasteiger partial charge in [0.25, 0.3) is 0 Å². The molecule has 17 heavy (non-hydrogen) atoms. The fourth-order valence-electron chi connectivity index (χ4n) is 2.51. The quantitative estimate of drug-likeness (QED) is 0.823. The molecule has 1 aromatic rings. The van der Waals surface area contributed by atoms with E-state index in [0.717, 1.165) is 18.5 Å². The Balaban J connectivity index is 2.11. The van der Waals surface area contributed by atoms with Crippen LogP contribution in [0.2, 0.25) is 0 Å². The third-order valence-corrected chi connectivity index (χ3v) is 3.85. The average molecular weight is 233 g/mol. The van der Waals surface area contributed by atoms with Crippen LogP contribution in [0, 0.1) is 13.8 Å². The fourth-order valence-corrected chi connectivity index (χ4v) is 2.51. The van der Waals surface area contributed by atoms with E-state index in [1.54, 1.807) is 0 Å². The molecular weight excluding hydrogens is 210 g/mol. The first-order chi connectivity index (χ1) is 8.18. The summed E-state index contributed by atoms with van der Waals surface area (Å²) in [5, 5.41) is 13.9. The lowest BCUT2D eigenvalue weighted by molar-refractivity contribution is 0.126. The monoisotopic (exact) mass is 233 g/mol. The zero-order valence-electron chi connectivity index (χ0n) is 10.9. The lowest BCUT2D eigenvalue weighted by atomic mass is 9.96. The van der Waals surface area contributed by atoms with Gasteiger partial charge in [0.2, 0.25) is 0 Å². The van der Waals surface area contributed by atoms with Crippen molar-refractivity contribution in [3.05, 3.63) is 34.9 Å². The maximum Gasteiger partial charge on any atom is 0.0943 e. The summed E-state index contributed by atoms with van der Waals surface area (Å²) in [5.41, 5.74) is 3.59. The Hall–Kier alpha value is -0.860. The van der Waals surface area contributed by atoms with Crippen molar-refractivity contribution in [1.29, 1.82) is 0 Å². The third kappa shape index (κ3) is 3.08. The van der Waals surface area contributed by atoms with Crippen LogP contribution in [0.5, 0.6) is 0 Å². The van der Waals surface area contributed by atoms with Crippen molar-refractivity contribution in [3.8, 4) is 0 Å². The summed E-state index contributed by atoms with van der Waals surface area (Å²) in [6.07, 6.45) is 4.44. The van der Waals surface area contributed by atoms with Gasteiger partial charge in [-0.1, -0.05) is 31.0 Å². The van der Waals surface area contributed by atoms with E-state index in [1.165, 1.54) is 30.4 Å². The van der Waals surface area contributed by atoms with Gasteiger partial charge in [-0.3, -0.25) is 0 Å². The summed E-state index contributed by atoms with van der Waals surface area (Å²) >= 11 is 0. The van der Waals surface area contributed by atoms with E-state index in [2.05, 4.69) is 37.4 Å². The first-order valence-electron chi connectivity index (χ1n) is 6.67. The molecule has 1 aliphatic rings. The lowest BCUT2D eigenvalue weighted by Crippen LogP contribution is -2.34. The molecule has 94 valence electrons. The molecular formula is C15H23NO. The molecule has 1 fully saturated rings. The highest BCUT2D eigenvalue weighted by molar-refractivity contribution is 5.31. The number of benzene rings is 1. The normalized spacial score (nSPS) is 23.1. The van der Waals surface area contributed by atoms with E-state index in [9.17, 15) is 5.11 Å². The maximum absolute atomic E-state index is 10.4. The van der Waals surface area contributed by atoms with Crippen LogP contribution in [0.3, 0.4) is 0 Å². The van der Waals surface area contributed by atoms with Gasteiger partial charge < -0.3 is 10.4 Å². The van der Waals surface area contributed by atoms with Crippen LogP contribution in [-0.4, -0.2) is 17.7 Å². The minimum Gasteiger partial charge on any atom is -0.387 e. The van der Waals surface area contributed by atoms with Crippen molar-refractivity contribution in [2.24, 2.45) is 0 Å². The largest absolute Gasteiger partial charge is 0.387 e. The van der Waals surface area contributed by atoms with Crippen LogP contribution in [0.1, 0.15) is 48.5 Å². The number of hydrogen-bond donors (Lipinski definition) is 2. The van der Waals surface area contributed by atoms with Gasteiger partial charge in [0, 0.05) is 6.04 Å². The summed E-state index contributed by atoms with van der Waals surface area (Å²) in [4.78, 5) is 0. The molecule has 2 rings (SSSR count). The van der Waals surface area contributed by atoms with Crippen molar-refractivity contribution in [1.82, 2.24) is 5.32 Å². The highest BCUT2D eigenvalue weighted by Crippen LogP contribution is 2.24. The van der Waals surface area contributed by atoms with Crippen molar-refractivity contribution in [3.63, 3.8) is 0 Å². The number of rotatable bonds is 2. The summed E-state index contributed by atoms with van der Waals surface area (Å²) in [5.74, 6) is 0. The second-order valence-electron chi connectivity index (χ2n) is 5.20. The van der Waals surface area contributed by atoms with Gasteiger partial charge in [0.1, 0.15) is 0 Å². The van der Waals surface area contributed by atoms with Gasteiger partial charge in [-0.25, -0.2) is 0 Å². The molecule has 0 aromatic heterocycles. The molecule has 0 bridgehead atoms. The molecule has 0 radical (unpaired) electrons. The van der Waals surface area contributed by atoms with E-state index in [4.69, 9.17) is 0 Å². The molecule has 2 heteroatoms. The van der Waals surface area contributed by atoms with Crippen LogP contribution in [0.25, 0.3) is 0 Å². The second-order valence-corrected chi connectivity index (χ2v) is 5.20. The van der Waals surface area contributed by atoms with Crippen molar-refractivity contribution < 1.29 is 5.11 Å². The first kappa shape index (κ1) is 12.6. The van der Waals surface area contributed by atoms with Crippen molar-refractivity contribution in [2.45, 2.75) is 51.7 Å². The molecule has 0 spiro atoms. The number of aliphatic hydroxyl groups is 1. The van der Waals surface area contributed by atoms with Crippen LogP contribution < -0.4 is 5.32 Å². The molecule has 2 nitrogen and oxygen atoms in total. The molecule has 0 aliphatic carbocycles. The van der Waals surface area contributed by atoms with Gasteiger partial charge >= 0.3 is 0 Å². The minimum atomic E-state index is -0.368. The van der Waals surface area contributed by atoms with Gasteiger partial charge in [-0.2, -0.15) is 0 Å². The highest BCUT2D eigenvalue weighted by atomic mass is 16.3. The molecule has 2 N–H and O–H groups in total. The van der Waals surface area contributed by atoms with Crippen LogP contribution in [-0.2, 0) is 0 Å². The maximum atomic E-state index is 10.4. The first-order valence-corrected chi connectivity index (χ1v) is 6.67.